The summed E-state index contributed by atoms with van der Waals surface area (Å²) in [4.78, 5) is 34.0. The summed E-state index contributed by atoms with van der Waals surface area (Å²) >= 11 is 0. The van der Waals surface area contributed by atoms with Crippen LogP contribution >= 0.6 is 0 Å². The molecule has 0 spiro atoms. The standard InChI is InChI=1S/C21H18N6O2/c28-20(23-12-19-25-26-21(29)27(19)13-8-9-13)15-11-18(17-7-3-4-10-22-17)24-16-6-2-1-5-14(15)16/h1-7,10-11,13H,8-9,12H2,(H,23,28)(H,26,29). The van der Waals surface area contributed by atoms with Crippen LogP contribution in [0.3, 0.4) is 0 Å². The van der Waals surface area contributed by atoms with Crippen LogP contribution in [0.2, 0.25) is 0 Å². The molecule has 5 rings (SSSR count). The van der Waals surface area contributed by atoms with E-state index in [2.05, 4.69) is 25.5 Å². The molecule has 144 valence electrons. The van der Waals surface area contributed by atoms with Gasteiger partial charge in [0.2, 0.25) is 0 Å². The molecule has 1 aliphatic carbocycles. The number of amides is 1. The maximum atomic E-state index is 13.0. The number of benzene rings is 1. The first kappa shape index (κ1) is 17.3. The normalized spacial score (nSPS) is 13.5. The molecule has 1 saturated carbocycles. The zero-order valence-corrected chi connectivity index (χ0v) is 15.5. The number of hydrogen-bond donors (Lipinski definition) is 2. The molecule has 4 aromatic rings. The topological polar surface area (TPSA) is 106 Å². The molecule has 3 heterocycles. The predicted molar refractivity (Wildman–Crippen MR) is 107 cm³/mol. The van der Waals surface area contributed by atoms with Crippen molar-refractivity contribution in [1.82, 2.24) is 30.0 Å². The Labute approximate surface area is 165 Å². The first-order chi connectivity index (χ1) is 14.2. The molecule has 1 aliphatic rings. The van der Waals surface area contributed by atoms with Gasteiger partial charge in [0.05, 0.1) is 29.0 Å². The average molecular weight is 386 g/mol. The number of aromatic amines is 1. The van der Waals surface area contributed by atoms with Crippen LogP contribution < -0.4 is 11.0 Å². The van der Waals surface area contributed by atoms with Crippen molar-refractivity contribution in [2.75, 3.05) is 0 Å². The summed E-state index contributed by atoms with van der Waals surface area (Å²) in [5.41, 5.74) is 2.32. The van der Waals surface area contributed by atoms with Gasteiger partial charge in [-0.05, 0) is 37.1 Å². The van der Waals surface area contributed by atoms with Crippen LogP contribution in [0, 0.1) is 0 Å². The van der Waals surface area contributed by atoms with E-state index in [9.17, 15) is 9.59 Å². The molecule has 8 heteroatoms. The lowest BCUT2D eigenvalue weighted by atomic mass is 10.1. The molecule has 0 saturated heterocycles. The highest BCUT2D eigenvalue weighted by molar-refractivity contribution is 6.07. The van der Waals surface area contributed by atoms with E-state index in [0.717, 1.165) is 23.7 Å². The number of para-hydroxylation sites is 1. The third kappa shape index (κ3) is 3.29. The van der Waals surface area contributed by atoms with Gasteiger partial charge in [0, 0.05) is 17.6 Å². The summed E-state index contributed by atoms with van der Waals surface area (Å²) in [5, 5.41) is 10.2. The highest BCUT2D eigenvalue weighted by Crippen LogP contribution is 2.34. The Morgan fingerprint density at radius 1 is 1.14 bits per heavy atom. The monoisotopic (exact) mass is 386 g/mol. The summed E-state index contributed by atoms with van der Waals surface area (Å²) in [6.45, 7) is 0.170. The minimum Gasteiger partial charge on any atom is -0.345 e. The molecule has 1 fully saturated rings. The highest BCUT2D eigenvalue weighted by atomic mass is 16.2. The summed E-state index contributed by atoms with van der Waals surface area (Å²) in [6.07, 6.45) is 3.62. The Balaban J connectivity index is 1.49. The van der Waals surface area contributed by atoms with E-state index in [4.69, 9.17) is 0 Å². The number of H-pyrrole nitrogens is 1. The Hall–Kier alpha value is -3.81. The number of pyridine rings is 2. The second-order valence-electron chi connectivity index (χ2n) is 7.02. The van der Waals surface area contributed by atoms with Gasteiger partial charge in [-0.3, -0.25) is 14.3 Å². The van der Waals surface area contributed by atoms with Gasteiger partial charge in [-0.2, -0.15) is 5.10 Å². The third-order valence-electron chi connectivity index (χ3n) is 4.98. The molecule has 3 aromatic heterocycles. The number of hydrogen-bond acceptors (Lipinski definition) is 5. The van der Waals surface area contributed by atoms with Crippen molar-refractivity contribution in [2.45, 2.75) is 25.4 Å². The molecule has 0 unspecified atom stereocenters. The van der Waals surface area contributed by atoms with Crippen LogP contribution in [-0.2, 0) is 6.54 Å². The van der Waals surface area contributed by atoms with Crippen molar-refractivity contribution < 1.29 is 4.79 Å². The quantitative estimate of drug-likeness (QED) is 0.548. The zero-order chi connectivity index (χ0) is 19.8. The molecular formula is C21H18N6O2. The van der Waals surface area contributed by atoms with Crippen LogP contribution in [0.4, 0.5) is 0 Å². The van der Waals surface area contributed by atoms with Crippen LogP contribution in [0.15, 0.2) is 59.5 Å². The summed E-state index contributed by atoms with van der Waals surface area (Å²) < 4.78 is 1.63. The van der Waals surface area contributed by atoms with Crippen molar-refractivity contribution in [2.24, 2.45) is 0 Å². The lowest BCUT2D eigenvalue weighted by Gasteiger charge is -2.10. The van der Waals surface area contributed by atoms with Crippen LogP contribution in [0.25, 0.3) is 22.3 Å². The highest BCUT2D eigenvalue weighted by Gasteiger charge is 2.28. The van der Waals surface area contributed by atoms with Crippen molar-refractivity contribution in [3.8, 4) is 11.4 Å². The van der Waals surface area contributed by atoms with Gasteiger partial charge in [0.25, 0.3) is 5.91 Å². The molecule has 0 bridgehead atoms. The van der Waals surface area contributed by atoms with Gasteiger partial charge in [-0.1, -0.05) is 24.3 Å². The molecule has 29 heavy (non-hydrogen) atoms. The fourth-order valence-electron chi connectivity index (χ4n) is 3.43. The van der Waals surface area contributed by atoms with E-state index in [1.165, 1.54) is 0 Å². The van der Waals surface area contributed by atoms with E-state index < -0.39 is 0 Å². The number of nitrogens with one attached hydrogen (secondary N) is 2. The fourth-order valence-corrected chi connectivity index (χ4v) is 3.43. The summed E-state index contributed by atoms with van der Waals surface area (Å²) in [6, 6.07) is 15.0. The number of carbonyl (C=O) groups excluding carboxylic acids is 1. The van der Waals surface area contributed by atoms with Gasteiger partial charge in [0.15, 0.2) is 5.82 Å². The molecule has 0 atom stereocenters. The summed E-state index contributed by atoms with van der Waals surface area (Å²) in [7, 11) is 0. The minimum atomic E-state index is -0.251. The van der Waals surface area contributed by atoms with Gasteiger partial charge in [-0.25, -0.2) is 14.9 Å². The number of carbonyl (C=O) groups is 1. The Morgan fingerprint density at radius 3 is 2.76 bits per heavy atom. The second-order valence-corrected chi connectivity index (χ2v) is 7.02. The maximum absolute atomic E-state index is 13.0. The molecule has 8 nitrogen and oxygen atoms in total. The van der Waals surface area contributed by atoms with Gasteiger partial charge >= 0.3 is 5.69 Å². The van der Waals surface area contributed by atoms with E-state index in [0.29, 0.717) is 22.8 Å². The summed E-state index contributed by atoms with van der Waals surface area (Å²) in [5.74, 6) is 0.285. The largest absolute Gasteiger partial charge is 0.345 e. The first-order valence-corrected chi connectivity index (χ1v) is 9.46. The molecule has 1 amide bonds. The third-order valence-corrected chi connectivity index (χ3v) is 4.98. The first-order valence-electron chi connectivity index (χ1n) is 9.46. The second kappa shape index (κ2) is 6.97. The van der Waals surface area contributed by atoms with Gasteiger partial charge < -0.3 is 5.32 Å². The number of aromatic nitrogens is 5. The van der Waals surface area contributed by atoms with Crippen LogP contribution in [-0.4, -0.2) is 30.6 Å². The number of nitrogens with zero attached hydrogens (tertiary/aromatic N) is 4. The van der Waals surface area contributed by atoms with Crippen molar-refractivity contribution >= 4 is 16.8 Å². The SMILES string of the molecule is O=C(NCc1n[nH]c(=O)n1C1CC1)c1cc(-c2ccccn2)nc2ccccc12. The molecule has 0 aliphatic heterocycles. The van der Waals surface area contributed by atoms with E-state index in [1.54, 1.807) is 16.8 Å². The minimum absolute atomic E-state index is 0.170. The number of rotatable bonds is 5. The Morgan fingerprint density at radius 2 is 1.97 bits per heavy atom. The fraction of sp³-hybridized carbons (Fsp3) is 0.190. The average Bonchev–Trinajstić information content (AvgIpc) is 3.53. The van der Waals surface area contributed by atoms with Crippen molar-refractivity contribution in [1.29, 1.82) is 0 Å². The van der Waals surface area contributed by atoms with Gasteiger partial charge in [0.1, 0.15) is 0 Å². The molecular weight excluding hydrogens is 368 g/mol. The lowest BCUT2D eigenvalue weighted by molar-refractivity contribution is 0.0951. The van der Waals surface area contributed by atoms with E-state index >= 15 is 0 Å². The van der Waals surface area contributed by atoms with Crippen molar-refractivity contribution in [3.63, 3.8) is 0 Å². The van der Waals surface area contributed by atoms with Crippen LogP contribution in [0.5, 0.6) is 0 Å². The zero-order valence-electron chi connectivity index (χ0n) is 15.5. The van der Waals surface area contributed by atoms with E-state index in [1.807, 2.05) is 42.5 Å². The van der Waals surface area contributed by atoms with E-state index in [-0.39, 0.29) is 24.2 Å². The maximum Gasteiger partial charge on any atom is 0.343 e. The Kier molecular flexibility index (Phi) is 4.16. The molecule has 0 radical (unpaired) electrons. The molecule has 1 aromatic carbocycles. The number of fused-ring (bicyclic) bond motifs is 1. The predicted octanol–water partition coefficient (Wildman–Crippen LogP) is 2.45. The Bertz CT molecular complexity index is 1260. The van der Waals surface area contributed by atoms with Crippen LogP contribution in [0.1, 0.15) is 35.1 Å². The smallest absolute Gasteiger partial charge is 0.343 e. The lowest BCUT2D eigenvalue weighted by Crippen LogP contribution is -2.27. The van der Waals surface area contributed by atoms with Gasteiger partial charge in [-0.15, -0.1) is 0 Å². The van der Waals surface area contributed by atoms with Crippen molar-refractivity contribution in [3.05, 3.63) is 76.6 Å². The molecule has 2 N–H and O–H groups in total.